The van der Waals surface area contributed by atoms with Crippen molar-refractivity contribution in [3.63, 3.8) is 0 Å². The van der Waals surface area contributed by atoms with Crippen LogP contribution in [0.3, 0.4) is 0 Å². The van der Waals surface area contributed by atoms with Crippen molar-refractivity contribution in [3.8, 4) is 6.07 Å². The van der Waals surface area contributed by atoms with Gasteiger partial charge < -0.3 is 4.74 Å². The highest BCUT2D eigenvalue weighted by Crippen LogP contribution is 2.40. The summed E-state index contributed by atoms with van der Waals surface area (Å²) in [5.74, 6) is 0. The first kappa shape index (κ1) is 13.6. The van der Waals surface area contributed by atoms with Gasteiger partial charge in [0.25, 0.3) is 0 Å². The highest BCUT2D eigenvalue weighted by atomic mass is 16.5. The van der Waals surface area contributed by atoms with Crippen LogP contribution in [-0.4, -0.2) is 31.2 Å². The minimum absolute atomic E-state index is 0.569. The normalized spacial score (nSPS) is 22.6. The van der Waals surface area contributed by atoms with Crippen LogP contribution < -0.4 is 0 Å². The van der Waals surface area contributed by atoms with E-state index in [1.54, 1.807) is 0 Å². The summed E-state index contributed by atoms with van der Waals surface area (Å²) in [4.78, 5) is 2.54. The first-order valence-electron chi connectivity index (χ1n) is 7.59. The van der Waals surface area contributed by atoms with Crippen LogP contribution >= 0.6 is 0 Å². The number of benzene rings is 1. The minimum atomic E-state index is 0.569. The van der Waals surface area contributed by atoms with Gasteiger partial charge in [-0.2, -0.15) is 5.26 Å². The van der Waals surface area contributed by atoms with Gasteiger partial charge in [-0.3, -0.25) is 4.90 Å². The monoisotopic (exact) mass is 270 g/mol. The molecule has 0 radical (unpaired) electrons. The molecule has 0 aliphatic carbocycles. The molecule has 2 aliphatic rings. The third-order valence-corrected chi connectivity index (χ3v) is 4.96. The number of ether oxygens (including phenoxy) is 1. The van der Waals surface area contributed by atoms with Gasteiger partial charge in [-0.1, -0.05) is 12.1 Å². The average molecular weight is 270 g/mol. The van der Waals surface area contributed by atoms with Gasteiger partial charge in [0.2, 0.25) is 0 Å². The molecule has 0 saturated carbocycles. The van der Waals surface area contributed by atoms with Gasteiger partial charge in [-0.25, -0.2) is 0 Å². The quantitative estimate of drug-likeness (QED) is 0.829. The lowest BCUT2D eigenvalue weighted by Crippen LogP contribution is -2.42. The molecule has 0 atom stereocenters. The predicted molar refractivity (Wildman–Crippen MR) is 78.2 cm³/mol. The molecule has 0 N–H and O–H groups in total. The van der Waals surface area contributed by atoms with Gasteiger partial charge in [0.1, 0.15) is 0 Å². The summed E-state index contributed by atoms with van der Waals surface area (Å²) in [6.07, 6.45) is 5.12. The summed E-state index contributed by atoms with van der Waals surface area (Å²) in [7, 11) is 0. The molecule has 2 saturated heterocycles. The second kappa shape index (κ2) is 5.95. The number of nitriles is 1. The Morgan fingerprint density at radius 1 is 1.05 bits per heavy atom. The van der Waals surface area contributed by atoms with Crippen molar-refractivity contribution in [1.29, 1.82) is 5.26 Å². The zero-order valence-corrected chi connectivity index (χ0v) is 12.0. The predicted octanol–water partition coefficient (Wildman–Crippen LogP) is 2.95. The summed E-state index contributed by atoms with van der Waals surface area (Å²) in [6.45, 7) is 5.31. The Kier molecular flexibility index (Phi) is 4.05. The van der Waals surface area contributed by atoms with E-state index in [9.17, 15) is 0 Å². The average Bonchev–Trinajstić information content (AvgIpc) is 2.52. The van der Waals surface area contributed by atoms with Gasteiger partial charge in [-0.05, 0) is 61.9 Å². The second-order valence-corrected chi connectivity index (χ2v) is 6.20. The van der Waals surface area contributed by atoms with E-state index in [0.29, 0.717) is 5.41 Å². The number of hydrogen-bond acceptors (Lipinski definition) is 3. The standard InChI is InChI=1S/C17H22N2O/c18-13-15-1-3-16(4-2-15)14-19-9-5-17(6-10-19)7-11-20-12-8-17/h1-4H,5-12,14H2. The number of piperidine rings is 1. The third-order valence-electron chi connectivity index (χ3n) is 4.96. The Labute approximate surface area is 121 Å². The van der Waals surface area contributed by atoms with E-state index in [0.717, 1.165) is 25.3 Å². The maximum absolute atomic E-state index is 8.82. The Morgan fingerprint density at radius 2 is 1.70 bits per heavy atom. The Bertz CT molecular complexity index is 473. The lowest BCUT2D eigenvalue weighted by atomic mass is 9.72. The Hall–Kier alpha value is -1.37. The zero-order valence-electron chi connectivity index (χ0n) is 12.0. The molecule has 0 aromatic heterocycles. The highest BCUT2D eigenvalue weighted by Gasteiger charge is 2.35. The number of hydrogen-bond donors (Lipinski definition) is 0. The van der Waals surface area contributed by atoms with Crippen LogP contribution in [0.25, 0.3) is 0 Å². The largest absolute Gasteiger partial charge is 0.381 e. The number of rotatable bonds is 2. The molecule has 1 spiro atoms. The van der Waals surface area contributed by atoms with Crippen LogP contribution in [0.15, 0.2) is 24.3 Å². The van der Waals surface area contributed by atoms with E-state index < -0.39 is 0 Å². The lowest BCUT2D eigenvalue weighted by molar-refractivity contribution is -0.0217. The van der Waals surface area contributed by atoms with Crippen LogP contribution in [-0.2, 0) is 11.3 Å². The molecule has 0 bridgehead atoms. The van der Waals surface area contributed by atoms with E-state index in [4.69, 9.17) is 10.00 Å². The summed E-state index contributed by atoms with van der Waals surface area (Å²) in [5, 5.41) is 8.82. The molecular weight excluding hydrogens is 248 g/mol. The molecule has 3 nitrogen and oxygen atoms in total. The zero-order chi connectivity index (χ0) is 13.8. The molecule has 2 heterocycles. The van der Waals surface area contributed by atoms with E-state index in [2.05, 4.69) is 23.1 Å². The van der Waals surface area contributed by atoms with Crippen molar-refractivity contribution in [2.24, 2.45) is 5.41 Å². The van der Waals surface area contributed by atoms with Crippen LogP contribution in [0.2, 0.25) is 0 Å². The number of likely N-dealkylation sites (tertiary alicyclic amines) is 1. The van der Waals surface area contributed by atoms with E-state index in [1.807, 2.05) is 12.1 Å². The first-order chi connectivity index (χ1) is 9.80. The van der Waals surface area contributed by atoms with Crippen molar-refractivity contribution in [3.05, 3.63) is 35.4 Å². The molecule has 20 heavy (non-hydrogen) atoms. The molecule has 3 heteroatoms. The van der Waals surface area contributed by atoms with Crippen molar-refractivity contribution in [1.82, 2.24) is 4.90 Å². The topological polar surface area (TPSA) is 36.3 Å². The summed E-state index contributed by atoms with van der Waals surface area (Å²) in [5.41, 5.74) is 2.62. The highest BCUT2D eigenvalue weighted by molar-refractivity contribution is 5.31. The van der Waals surface area contributed by atoms with Crippen molar-refractivity contribution in [2.75, 3.05) is 26.3 Å². The first-order valence-corrected chi connectivity index (χ1v) is 7.59. The van der Waals surface area contributed by atoms with Gasteiger partial charge in [0.05, 0.1) is 11.6 Å². The summed E-state index contributed by atoms with van der Waals surface area (Å²) < 4.78 is 5.50. The van der Waals surface area contributed by atoms with E-state index in [-0.39, 0.29) is 0 Å². The van der Waals surface area contributed by atoms with Gasteiger partial charge >= 0.3 is 0 Å². The molecule has 2 aliphatic heterocycles. The summed E-state index contributed by atoms with van der Waals surface area (Å²) >= 11 is 0. The minimum Gasteiger partial charge on any atom is -0.381 e. The molecule has 0 unspecified atom stereocenters. The fraction of sp³-hybridized carbons (Fsp3) is 0.588. The smallest absolute Gasteiger partial charge is 0.0991 e. The van der Waals surface area contributed by atoms with Crippen LogP contribution in [0, 0.1) is 16.7 Å². The van der Waals surface area contributed by atoms with Crippen molar-refractivity contribution in [2.45, 2.75) is 32.2 Å². The number of nitrogens with zero attached hydrogens (tertiary/aromatic N) is 2. The lowest BCUT2D eigenvalue weighted by Gasteiger charge is -2.44. The van der Waals surface area contributed by atoms with Gasteiger partial charge in [-0.15, -0.1) is 0 Å². The molecule has 106 valence electrons. The Balaban J connectivity index is 1.54. The maximum Gasteiger partial charge on any atom is 0.0991 e. The molecule has 0 amide bonds. The van der Waals surface area contributed by atoms with Crippen LogP contribution in [0.5, 0.6) is 0 Å². The fourth-order valence-electron chi connectivity index (χ4n) is 3.43. The second-order valence-electron chi connectivity index (χ2n) is 6.20. The molecule has 1 aromatic rings. The van der Waals surface area contributed by atoms with Gasteiger partial charge in [0, 0.05) is 19.8 Å². The van der Waals surface area contributed by atoms with Crippen molar-refractivity contribution >= 4 is 0 Å². The SMILES string of the molecule is N#Cc1ccc(CN2CCC3(CCOCC3)CC2)cc1. The van der Waals surface area contributed by atoms with Crippen LogP contribution in [0.1, 0.15) is 36.8 Å². The molecular formula is C17H22N2O. The Morgan fingerprint density at radius 3 is 2.30 bits per heavy atom. The van der Waals surface area contributed by atoms with Crippen molar-refractivity contribution < 1.29 is 4.74 Å². The van der Waals surface area contributed by atoms with E-state index >= 15 is 0 Å². The molecule has 2 fully saturated rings. The summed E-state index contributed by atoms with van der Waals surface area (Å²) in [6, 6.07) is 10.2. The van der Waals surface area contributed by atoms with Gasteiger partial charge in [0.15, 0.2) is 0 Å². The maximum atomic E-state index is 8.82. The van der Waals surface area contributed by atoms with E-state index in [1.165, 1.54) is 44.3 Å². The molecule has 1 aromatic carbocycles. The van der Waals surface area contributed by atoms with Crippen LogP contribution in [0.4, 0.5) is 0 Å². The third kappa shape index (κ3) is 3.03. The molecule has 3 rings (SSSR count). The fourth-order valence-corrected chi connectivity index (χ4v) is 3.43.